The molecule has 0 aliphatic carbocycles. The van der Waals surface area contributed by atoms with Crippen LogP contribution < -0.4 is 0 Å². The molecule has 7 heteroatoms. The van der Waals surface area contributed by atoms with Gasteiger partial charge in [-0.3, -0.25) is 8.42 Å². The second kappa shape index (κ2) is 14.3. The molecule has 0 amide bonds. The second-order valence-corrected chi connectivity index (χ2v) is 13.6. The Labute approximate surface area is 172 Å². The summed E-state index contributed by atoms with van der Waals surface area (Å²) in [5.74, 6) is 1.03. The Hall–Kier alpha value is 0.250. The van der Waals surface area contributed by atoms with Gasteiger partial charge in [-0.25, -0.2) is 8.42 Å². The average Bonchev–Trinajstić information content (AvgIpc) is 2.96. The van der Waals surface area contributed by atoms with E-state index in [1.165, 1.54) is 38.5 Å². The number of sulfone groups is 1. The molecular formula is C20H40O4S3. The van der Waals surface area contributed by atoms with E-state index >= 15 is 0 Å². The third-order valence-corrected chi connectivity index (χ3v) is 11.4. The minimum absolute atomic E-state index is 0.0393. The molecule has 27 heavy (non-hydrogen) atoms. The molecule has 0 radical (unpaired) electrons. The van der Waals surface area contributed by atoms with Crippen LogP contribution in [0.15, 0.2) is 0 Å². The van der Waals surface area contributed by atoms with Crippen LogP contribution >= 0.6 is 0 Å². The summed E-state index contributed by atoms with van der Waals surface area (Å²) >= 11 is 0. The van der Waals surface area contributed by atoms with Crippen molar-refractivity contribution >= 4 is 31.4 Å². The van der Waals surface area contributed by atoms with Crippen molar-refractivity contribution in [3.63, 3.8) is 0 Å². The molecule has 0 bridgehead atoms. The SMILES string of the molecule is CCCCCCCC[S@](=O)[C@H]1CS(=O)(=O)C[C@@H]1[S@@](=O)CCCCCCCC. The molecule has 1 heterocycles. The van der Waals surface area contributed by atoms with E-state index in [1.54, 1.807) is 0 Å². The van der Waals surface area contributed by atoms with Crippen LogP contribution in [0.3, 0.4) is 0 Å². The van der Waals surface area contributed by atoms with Crippen molar-refractivity contribution in [3.8, 4) is 0 Å². The molecule has 162 valence electrons. The van der Waals surface area contributed by atoms with E-state index < -0.39 is 41.9 Å². The fraction of sp³-hybridized carbons (Fsp3) is 1.00. The van der Waals surface area contributed by atoms with E-state index in [1.807, 2.05) is 0 Å². The first-order valence-corrected chi connectivity index (χ1v) is 15.4. The second-order valence-electron chi connectivity index (χ2n) is 7.86. The Morgan fingerprint density at radius 1 is 0.630 bits per heavy atom. The molecule has 0 unspecified atom stereocenters. The van der Waals surface area contributed by atoms with Gasteiger partial charge in [0.1, 0.15) is 0 Å². The quantitative estimate of drug-likeness (QED) is 0.334. The summed E-state index contributed by atoms with van der Waals surface area (Å²) in [6, 6.07) is 0. The molecule has 4 nitrogen and oxygen atoms in total. The third-order valence-electron chi connectivity index (χ3n) is 5.32. The first-order valence-electron chi connectivity index (χ1n) is 10.9. The van der Waals surface area contributed by atoms with Crippen LogP contribution in [-0.2, 0) is 31.4 Å². The summed E-state index contributed by atoms with van der Waals surface area (Å²) in [6.07, 6.45) is 13.5. The molecule has 1 rings (SSSR count). The van der Waals surface area contributed by atoms with Crippen LogP contribution in [0.2, 0.25) is 0 Å². The van der Waals surface area contributed by atoms with Crippen LogP contribution in [0.5, 0.6) is 0 Å². The maximum Gasteiger partial charge on any atom is 0.152 e. The molecule has 0 aromatic rings. The summed E-state index contributed by atoms with van der Waals surface area (Å²) in [5, 5.41) is -0.849. The smallest absolute Gasteiger partial charge is 0.152 e. The van der Waals surface area contributed by atoms with Crippen LogP contribution in [0.25, 0.3) is 0 Å². The lowest BCUT2D eigenvalue weighted by atomic mass is 10.1. The third kappa shape index (κ3) is 10.6. The average molecular weight is 441 g/mol. The van der Waals surface area contributed by atoms with Gasteiger partial charge in [-0.15, -0.1) is 0 Å². The van der Waals surface area contributed by atoms with Crippen LogP contribution in [0, 0.1) is 0 Å². The number of hydrogen-bond acceptors (Lipinski definition) is 4. The molecule has 1 saturated heterocycles. The number of unbranched alkanes of at least 4 members (excludes halogenated alkanes) is 10. The summed E-state index contributed by atoms with van der Waals surface area (Å²) < 4.78 is 49.6. The zero-order valence-corrected chi connectivity index (χ0v) is 19.8. The molecule has 0 N–H and O–H groups in total. The lowest BCUT2D eigenvalue weighted by Crippen LogP contribution is -2.34. The Kier molecular flexibility index (Phi) is 13.4. The van der Waals surface area contributed by atoms with Crippen molar-refractivity contribution in [2.45, 2.75) is 101 Å². The zero-order chi connectivity index (χ0) is 20.1. The molecule has 4 atom stereocenters. The van der Waals surface area contributed by atoms with Crippen molar-refractivity contribution in [1.82, 2.24) is 0 Å². The van der Waals surface area contributed by atoms with E-state index in [-0.39, 0.29) is 11.5 Å². The molecule has 1 aliphatic heterocycles. The van der Waals surface area contributed by atoms with Crippen molar-refractivity contribution in [3.05, 3.63) is 0 Å². The van der Waals surface area contributed by atoms with Gasteiger partial charge in [0.25, 0.3) is 0 Å². The van der Waals surface area contributed by atoms with Crippen LogP contribution in [0.1, 0.15) is 90.9 Å². The fourth-order valence-corrected chi connectivity index (χ4v) is 11.1. The van der Waals surface area contributed by atoms with Crippen LogP contribution in [-0.4, -0.2) is 50.3 Å². The van der Waals surface area contributed by atoms with Crippen molar-refractivity contribution < 1.29 is 16.8 Å². The minimum Gasteiger partial charge on any atom is -0.259 e. The molecule has 0 aromatic carbocycles. The largest absolute Gasteiger partial charge is 0.259 e. The fourth-order valence-electron chi connectivity index (χ4n) is 3.63. The van der Waals surface area contributed by atoms with Gasteiger partial charge in [-0.05, 0) is 12.8 Å². The van der Waals surface area contributed by atoms with Gasteiger partial charge in [-0.2, -0.15) is 0 Å². The van der Waals surface area contributed by atoms with E-state index in [2.05, 4.69) is 13.8 Å². The normalized spacial score (nSPS) is 24.1. The van der Waals surface area contributed by atoms with E-state index in [9.17, 15) is 16.8 Å². The zero-order valence-electron chi connectivity index (χ0n) is 17.3. The number of rotatable bonds is 16. The topological polar surface area (TPSA) is 68.3 Å². The van der Waals surface area contributed by atoms with Crippen LogP contribution in [0.4, 0.5) is 0 Å². The van der Waals surface area contributed by atoms with E-state index in [0.29, 0.717) is 11.5 Å². The van der Waals surface area contributed by atoms with Gasteiger partial charge in [0, 0.05) is 33.1 Å². The predicted octanol–water partition coefficient (Wildman–Crippen LogP) is 4.37. The lowest BCUT2D eigenvalue weighted by Gasteiger charge is -2.17. The van der Waals surface area contributed by atoms with Gasteiger partial charge >= 0.3 is 0 Å². The Bertz CT molecular complexity index is 503. The molecule has 0 aromatic heterocycles. The minimum atomic E-state index is -3.21. The first kappa shape index (κ1) is 25.3. The highest BCUT2D eigenvalue weighted by atomic mass is 32.2. The van der Waals surface area contributed by atoms with Gasteiger partial charge in [0.05, 0.1) is 22.0 Å². The van der Waals surface area contributed by atoms with E-state index in [0.717, 1.165) is 38.5 Å². The maximum atomic E-state index is 12.7. The van der Waals surface area contributed by atoms with Crippen molar-refractivity contribution in [2.75, 3.05) is 23.0 Å². The summed E-state index contributed by atoms with van der Waals surface area (Å²) in [7, 11) is -5.57. The highest BCUT2D eigenvalue weighted by Crippen LogP contribution is 2.24. The molecular weight excluding hydrogens is 400 g/mol. The van der Waals surface area contributed by atoms with Crippen molar-refractivity contribution in [2.24, 2.45) is 0 Å². The van der Waals surface area contributed by atoms with Crippen molar-refractivity contribution in [1.29, 1.82) is 0 Å². The lowest BCUT2D eigenvalue weighted by molar-refractivity contribution is 0.601. The molecule has 1 fully saturated rings. The van der Waals surface area contributed by atoms with E-state index in [4.69, 9.17) is 0 Å². The summed E-state index contributed by atoms with van der Waals surface area (Å²) in [4.78, 5) is 0. The molecule has 1 aliphatic rings. The van der Waals surface area contributed by atoms with Gasteiger partial charge in [-0.1, -0.05) is 78.1 Å². The number of hydrogen-bond donors (Lipinski definition) is 0. The summed E-state index contributed by atoms with van der Waals surface area (Å²) in [5.41, 5.74) is 0. The van der Waals surface area contributed by atoms with Gasteiger partial charge in [0.2, 0.25) is 0 Å². The monoisotopic (exact) mass is 440 g/mol. The molecule has 0 spiro atoms. The standard InChI is InChI=1S/C20H40O4S3/c1-3-5-7-9-11-13-15-25(21)19-17-27(23,24)18-20(19)26(22)16-14-12-10-8-6-4-2/h19-20H,3-18H2,1-2H3/t19-,20-,25-,26-/m0/s1. The summed E-state index contributed by atoms with van der Waals surface area (Å²) in [6.45, 7) is 4.36. The van der Waals surface area contributed by atoms with Gasteiger partial charge < -0.3 is 0 Å². The van der Waals surface area contributed by atoms with Gasteiger partial charge in [0.15, 0.2) is 9.84 Å². The predicted molar refractivity (Wildman–Crippen MR) is 119 cm³/mol. The Morgan fingerprint density at radius 2 is 0.963 bits per heavy atom. The Morgan fingerprint density at radius 3 is 1.33 bits per heavy atom. The Balaban J connectivity index is 2.41. The molecule has 0 saturated carbocycles. The highest BCUT2D eigenvalue weighted by Gasteiger charge is 2.43. The first-order chi connectivity index (χ1) is 12.9. The maximum absolute atomic E-state index is 12.7. The highest BCUT2D eigenvalue weighted by molar-refractivity contribution is 7.97.